The number of ether oxygens (including phenoxy) is 2. The summed E-state index contributed by atoms with van der Waals surface area (Å²) in [6.45, 7) is 4.12. The average molecular weight is 340 g/mol. The molecule has 126 valence electrons. The van der Waals surface area contributed by atoms with Crippen molar-refractivity contribution in [2.45, 2.75) is 0 Å². The van der Waals surface area contributed by atoms with E-state index in [4.69, 9.17) is 19.6 Å². The van der Waals surface area contributed by atoms with E-state index in [1.54, 1.807) is 18.2 Å². The summed E-state index contributed by atoms with van der Waals surface area (Å²) < 4.78 is 29.6. The first kappa shape index (κ1) is 15.1. The molecular formula is C18H13FN2O4. The van der Waals surface area contributed by atoms with Crippen molar-refractivity contribution in [3.63, 3.8) is 0 Å². The van der Waals surface area contributed by atoms with E-state index in [-0.39, 0.29) is 18.2 Å². The molecule has 7 heteroatoms. The summed E-state index contributed by atoms with van der Waals surface area (Å²) in [5.41, 5.74) is 7.16. The topological polar surface area (TPSA) is 86.7 Å². The monoisotopic (exact) mass is 340 g/mol. The molecule has 3 N–H and O–H groups in total. The fraction of sp³-hybridized carbons (Fsp3) is 0.0556. The van der Waals surface area contributed by atoms with Gasteiger partial charge >= 0.3 is 0 Å². The number of anilines is 1. The van der Waals surface area contributed by atoms with Crippen molar-refractivity contribution in [1.82, 2.24) is 0 Å². The first-order valence-corrected chi connectivity index (χ1v) is 7.41. The van der Waals surface area contributed by atoms with Gasteiger partial charge in [0.05, 0.1) is 5.69 Å². The number of furan rings is 1. The minimum Gasteiger partial charge on any atom is -0.454 e. The van der Waals surface area contributed by atoms with E-state index < -0.39 is 11.7 Å². The third-order valence-corrected chi connectivity index (χ3v) is 3.87. The molecule has 0 spiro atoms. The van der Waals surface area contributed by atoms with E-state index in [1.165, 1.54) is 18.2 Å². The third-order valence-electron chi connectivity index (χ3n) is 3.87. The van der Waals surface area contributed by atoms with Crippen LogP contribution in [0.1, 0.15) is 16.1 Å². The predicted octanol–water partition coefficient (Wildman–Crippen LogP) is 3.48. The van der Waals surface area contributed by atoms with E-state index in [1.807, 2.05) is 0 Å². The Morgan fingerprint density at radius 1 is 1.16 bits per heavy atom. The molecule has 6 nitrogen and oxygen atoms in total. The SMILES string of the molecule is C=C(Nc1c(C(N)=O)oc2ccc(F)cc12)c1ccc2c(c1)OCO2. The summed E-state index contributed by atoms with van der Waals surface area (Å²) in [5, 5.41) is 3.40. The first-order valence-electron chi connectivity index (χ1n) is 7.41. The molecule has 0 atom stereocenters. The summed E-state index contributed by atoms with van der Waals surface area (Å²) >= 11 is 0. The van der Waals surface area contributed by atoms with E-state index in [9.17, 15) is 9.18 Å². The minimum atomic E-state index is -0.766. The molecule has 0 saturated heterocycles. The van der Waals surface area contributed by atoms with Gasteiger partial charge in [0.1, 0.15) is 11.4 Å². The van der Waals surface area contributed by atoms with Crippen LogP contribution >= 0.6 is 0 Å². The largest absolute Gasteiger partial charge is 0.454 e. The molecule has 25 heavy (non-hydrogen) atoms. The van der Waals surface area contributed by atoms with Gasteiger partial charge in [0.15, 0.2) is 11.5 Å². The van der Waals surface area contributed by atoms with E-state index in [0.717, 1.165) is 0 Å². The Bertz CT molecular complexity index is 1030. The second-order valence-corrected chi connectivity index (χ2v) is 5.48. The number of hydrogen-bond acceptors (Lipinski definition) is 5. The van der Waals surface area contributed by atoms with Gasteiger partial charge in [-0.05, 0) is 36.4 Å². The van der Waals surface area contributed by atoms with Crippen molar-refractivity contribution < 1.29 is 23.1 Å². The van der Waals surface area contributed by atoms with Crippen LogP contribution in [0.25, 0.3) is 16.7 Å². The molecule has 2 aromatic carbocycles. The number of nitrogens with two attached hydrogens (primary N) is 1. The third kappa shape index (κ3) is 2.55. The number of primary amides is 1. The molecule has 1 aliphatic heterocycles. The second kappa shape index (κ2) is 5.55. The van der Waals surface area contributed by atoms with Crippen LogP contribution in [0.2, 0.25) is 0 Å². The number of rotatable bonds is 4. The van der Waals surface area contributed by atoms with Crippen molar-refractivity contribution in [3.05, 3.63) is 60.1 Å². The number of carbonyl (C=O) groups excluding carboxylic acids is 1. The van der Waals surface area contributed by atoms with Crippen LogP contribution in [0.5, 0.6) is 11.5 Å². The number of amides is 1. The summed E-state index contributed by atoms with van der Waals surface area (Å²) in [5.74, 6) is -0.0787. The fourth-order valence-corrected chi connectivity index (χ4v) is 2.67. The average Bonchev–Trinajstić information content (AvgIpc) is 3.19. The van der Waals surface area contributed by atoms with E-state index in [0.29, 0.717) is 33.7 Å². The van der Waals surface area contributed by atoms with Crippen LogP contribution in [-0.4, -0.2) is 12.7 Å². The number of fused-ring (bicyclic) bond motifs is 2. The van der Waals surface area contributed by atoms with Crippen molar-refractivity contribution >= 4 is 28.3 Å². The second-order valence-electron chi connectivity index (χ2n) is 5.48. The predicted molar refractivity (Wildman–Crippen MR) is 89.9 cm³/mol. The van der Waals surface area contributed by atoms with Crippen LogP contribution in [0.3, 0.4) is 0 Å². The molecule has 0 aliphatic carbocycles. The highest BCUT2D eigenvalue weighted by Gasteiger charge is 2.21. The lowest BCUT2D eigenvalue weighted by atomic mass is 10.1. The van der Waals surface area contributed by atoms with Gasteiger partial charge in [-0.15, -0.1) is 0 Å². The Hall–Kier alpha value is -3.48. The van der Waals surface area contributed by atoms with Crippen LogP contribution in [0.4, 0.5) is 10.1 Å². The molecule has 0 radical (unpaired) electrons. The zero-order valence-electron chi connectivity index (χ0n) is 13.0. The highest BCUT2D eigenvalue weighted by atomic mass is 19.1. The van der Waals surface area contributed by atoms with Gasteiger partial charge in [0, 0.05) is 16.6 Å². The van der Waals surface area contributed by atoms with Crippen molar-refractivity contribution in [2.75, 3.05) is 12.1 Å². The van der Waals surface area contributed by atoms with Crippen molar-refractivity contribution in [3.8, 4) is 11.5 Å². The molecule has 0 bridgehead atoms. The molecule has 4 rings (SSSR count). The smallest absolute Gasteiger partial charge is 0.286 e. The zero-order chi connectivity index (χ0) is 17.6. The highest BCUT2D eigenvalue weighted by molar-refractivity contribution is 6.07. The molecule has 2 heterocycles. The van der Waals surface area contributed by atoms with Crippen molar-refractivity contribution in [1.29, 1.82) is 0 Å². The molecule has 0 saturated carbocycles. The number of nitrogens with one attached hydrogen (secondary N) is 1. The van der Waals surface area contributed by atoms with E-state index in [2.05, 4.69) is 11.9 Å². The Kier molecular flexibility index (Phi) is 3.35. The maximum Gasteiger partial charge on any atom is 0.286 e. The van der Waals surface area contributed by atoms with Gasteiger partial charge in [-0.25, -0.2) is 4.39 Å². The summed E-state index contributed by atoms with van der Waals surface area (Å²) in [4.78, 5) is 11.7. The Balaban J connectivity index is 1.74. The first-order chi connectivity index (χ1) is 12.0. The van der Waals surface area contributed by atoms with Crippen LogP contribution in [0.15, 0.2) is 47.4 Å². The fourth-order valence-electron chi connectivity index (χ4n) is 2.67. The normalized spacial score (nSPS) is 12.4. The summed E-state index contributed by atoms with van der Waals surface area (Å²) in [6, 6.07) is 9.24. The lowest BCUT2D eigenvalue weighted by Crippen LogP contribution is -2.12. The van der Waals surface area contributed by atoms with Crippen LogP contribution in [-0.2, 0) is 0 Å². The lowest BCUT2D eigenvalue weighted by Gasteiger charge is -2.10. The van der Waals surface area contributed by atoms with Crippen molar-refractivity contribution in [2.24, 2.45) is 5.73 Å². The van der Waals surface area contributed by atoms with Gasteiger partial charge in [-0.3, -0.25) is 4.79 Å². The van der Waals surface area contributed by atoms with Gasteiger partial charge in [0.25, 0.3) is 5.91 Å². The quantitative estimate of drug-likeness (QED) is 0.759. The van der Waals surface area contributed by atoms with Gasteiger partial charge in [0.2, 0.25) is 12.6 Å². The summed E-state index contributed by atoms with van der Waals surface area (Å²) in [6.07, 6.45) is 0. The van der Waals surface area contributed by atoms with Gasteiger partial charge in [-0.2, -0.15) is 0 Å². The molecular weight excluding hydrogens is 327 g/mol. The number of carbonyl (C=O) groups is 1. The number of benzene rings is 2. The maximum atomic E-state index is 13.6. The minimum absolute atomic E-state index is 0.0949. The molecule has 1 aliphatic rings. The summed E-state index contributed by atoms with van der Waals surface area (Å²) in [7, 11) is 0. The van der Waals surface area contributed by atoms with Crippen LogP contribution in [0, 0.1) is 5.82 Å². The Morgan fingerprint density at radius 2 is 1.96 bits per heavy atom. The highest BCUT2D eigenvalue weighted by Crippen LogP contribution is 2.36. The number of halogens is 1. The molecule has 1 amide bonds. The van der Waals surface area contributed by atoms with E-state index >= 15 is 0 Å². The molecule has 0 fully saturated rings. The molecule has 3 aromatic rings. The zero-order valence-corrected chi connectivity index (χ0v) is 13.0. The molecule has 0 unspecified atom stereocenters. The van der Waals surface area contributed by atoms with Gasteiger partial charge in [-0.1, -0.05) is 6.58 Å². The standard InChI is InChI=1S/C18H13FN2O4/c1-9(10-2-4-14-15(6-10)24-8-23-14)21-16-12-7-11(19)3-5-13(12)25-17(16)18(20)22/h2-7,21H,1,8H2,(H2,20,22). The number of hydrogen-bond donors (Lipinski definition) is 2. The molecule has 1 aromatic heterocycles. The lowest BCUT2D eigenvalue weighted by molar-refractivity contribution is 0.0977. The maximum absolute atomic E-state index is 13.6. The Labute approximate surface area is 141 Å². The van der Waals surface area contributed by atoms with Crippen LogP contribution < -0.4 is 20.5 Å². The Morgan fingerprint density at radius 3 is 2.76 bits per heavy atom. The van der Waals surface area contributed by atoms with Gasteiger partial charge < -0.3 is 24.9 Å².